The molecule has 308 valence electrons. The van der Waals surface area contributed by atoms with Gasteiger partial charge in [0.1, 0.15) is 6.61 Å². The Kier molecular flexibility index (Phi) is 42.9. The molecule has 0 bridgehead atoms. The van der Waals surface area contributed by atoms with Gasteiger partial charge in [0.2, 0.25) is 0 Å². The summed E-state index contributed by atoms with van der Waals surface area (Å²) in [6, 6.07) is 0. The van der Waals surface area contributed by atoms with Crippen LogP contribution in [0.5, 0.6) is 0 Å². The standard InChI is InChI=1S/C47H90O5/c1-4-7-10-13-16-18-20-21-22-23-24-25-26-28-30-33-36-39-42-50-43-45(52-47(49)41-38-35-31-15-12-9-6-3)44-51-46(48)40-37-34-32-29-27-19-17-14-11-8-5-2/h14,17,45H,4-13,15-16,18-44H2,1-3H3/b17-14-. The van der Waals surface area contributed by atoms with E-state index in [-0.39, 0.29) is 18.5 Å². The third kappa shape index (κ3) is 41.4. The Morgan fingerprint density at radius 1 is 0.404 bits per heavy atom. The molecule has 5 heteroatoms. The Morgan fingerprint density at radius 3 is 1.23 bits per heavy atom. The maximum atomic E-state index is 12.6. The van der Waals surface area contributed by atoms with E-state index in [4.69, 9.17) is 14.2 Å². The van der Waals surface area contributed by atoms with Crippen LogP contribution >= 0.6 is 0 Å². The Morgan fingerprint density at radius 2 is 0.769 bits per heavy atom. The van der Waals surface area contributed by atoms with Crippen molar-refractivity contribution in [1.82, 2.24) is 0 Å². The molecule has 0 radical (unpaired) electrons. The van der Waals surface area contributed by atoms with Gasteiger partial charge in [0.05, 0.1) is 6.61 Å². The summed E-state index contributed by atoms with van der Waals surface area (Å²) >= 11 is 0. The molecule has 0 aromatic heterocycles. The summed E-state index contributed by atoms with van der Waals surface area (Å²) in [5.74, 6) is -0.401. The van der Waals surface area contributed by atoms with Crippen molar-refractivity contribution in [3.63, 3.8) is 0 Å². The molecule has 0 heterocycles. The van der Waals surface area contributed by atoms with Crippen molar-refractivity contribution in [2.45, 2.75) is 258 Å². The highest BCUT2D eigenvalue weighted by atomic mass is 16.6. The van der Waals surface area contributed by atoms with Crippen LogP contribution in [-0.4, -0.2) is 37.9 Å². The quantitative estimate of drug-likeness (QED) is 0.0355. The molecule has 0 fully saturated rings. The fourth-order valence-corrected chi connectivity index (χ4v) is 6.79. The molecule has 5 nitrogen and oxygen atoms in total. The SMILES string of the molecule is CCCC/C=C\CCCCCCCC(=O)OCC(COCCCCCCCCCCCCCCCCCCCC)OC(=O)CCCCCCCCC. The molecule has 1 unspecified atom stereocenters. The number of hydrogen-bond donors (Lipinski definition) is 0. The number of unbranched alkanes of at least 4 members (excludes halogenated alkanes) is 30. The van der Waals surface area contributed by atoms with E-state index in [0.29, 0.717) is 26.1 Å². The first-order chi connectivity index (χ1) is 25.6. The van der Waals surface area contributed by atoms with E-state index in [1.165, 1.54) is 173 Å². The lowest BCUT2D eigenvalue weighted by atomic mass is 10.0. The van der Waals surface area contributed by atoms with E-state index < -0.39 is 6.10 Å². The van der Waals surface area contributed by atoms with Crippen LogP contribution in [0.1, 0.15) is 252 Å². The summed E-state index contributed by atoms with van der Waals surface area (Å²) in [5, 5.41) is 0. The number of carbonyl (C=O) groups excluding carboxylic acids is 2. The van der Waals surface area contributed by atoms with E-state index in [1.54, 1.807) is 0 Å². The number of rotatable bonds is 43. The van der Waals surface area contributed by atoms with Gasteiger partial charge in [-0.25, -0.2) is 0 Å². The summed E-state index contributed by atoms with van der Waals surface area (Å²) in [6.07, 6.45) is 48.0. The van der Waals surface area contributed by atoms with Gasteiger partial charge in [0.25, 0.3) is 0 Å². The molecule has 0 amide bonds. The Hall–Kier alpha value is -1.36. The number of allylic oxidation sites excluding steroid dienone is 2. The summed E-state index contributed by atoms with van der Waals surface area (Å²) in [4.78, 5) is 25.1. The zero-order valence-electron chi connectivity index (χ0n) is 35.4. The van der Waals surface area contributed by atoms with Gasteiger partial charge >= 0.3 is 11.9 Å². The lowest BCUT2D eigenvalue weighted by molar-refractivity contribution is -0.163. The molecule has 0 aromatic carbocycles. The van der Waals surface area contributed by atoms with Crippen molar-refractivity contribution in [2.24, 2.45) is 0 Å². The molecular weight excluding hydrogens is 645 g/mol. The Labute approximate surface area is 325 Å². The molecule has 0 saturated heterocycles. The molecule has 0 saturated carbocycles. The fourth-order valence-electron chi connectivity index (χ4n) is 6.79. The third-order valence-electron chi connectivity index (χ3n) is 10.3. The third-order valence-corrected chi connectivity index (χ3v) is 10.3. The minimum absolute atomic E-state index is 0.0884. The summed E-state index contributed by atoms with van der Waals surface area (Å²) in [7, 11) is 0. The van der Waals surface area contributed by atoms with Crippen molar-refractivity contribution in [2.75, 3.05) is 19.8 Å². The maximum absolute atomic E-state index is 12.6. The van der Waals surface area contributed by atoms with E-state index in [0.717, 1.165) is 44.9 Å². The maximum Gasteiger partial charge on any atom is 0.306 e. The average Bonchev–Trinajstić information content (AvgIpc) is 3.14. The van der Waals surface area contributed by atoms with Gasteiger partial charge in [-0.1, -0.05) is 213 Å². The van der Waals surface area contributed by atoms with Crippen molar-refractivity contribution in [3.05, 3.63) is 12.2 Å². The minimum Gasteiger partial charge on any atom is -0.462 e. The first kappa shape index (κ1) is 50.6. The molecule has 52 heavy (non-hydrogen) atoms. The second-order valence-electron chi connectivity index (χ2n) is 15.7. The highest BCUT2D eigenvalue weighted by molar-refractivity contribution is 5.70. The normalized spacial score (nSPS) is 12.1. The number of esters is 2. The minimum atomic E-state index is -0.526. The molecule has 1 atom stereocenters. The number of ether oxygens (including phenoxy) is 3. The molecule has 0 aromatic rings. The van der Waals surface area contributed by atoms with E-state index in [2.05, 4.69) is 32.9 Å². The largest absolute Gasteiger partial charge is 0.462 e. The molecule has 0 aliphatic rings. The van der Waals surface area contributed by atoms with E-state index >= 15 is 0 Å². The van der Waals surface area contributed by atoms with Crippen LogP contribution in [0, 0.1) is 0 Å². The predicted molar refractivity (Wildman–Crippen MR) is 224 cm³/mol. The zero-order valence-corrected chi connectivity index (χ0v) is 35.4. The van der Waals surface area contributed by atoms with Crippen molar-refractivity contribution in [1.29, 1.82) is 0 Å². The van der Waals surface area contributed by atoms with Crippen LogP contribution < -0.4 is 0 Å². The first-order valence-electron chi connectivity index (χ1n) is 23.2. The van der Waals surface area contributed by atoms with Gasteiger partial charge in [-0.15, -0.1) is 0 Å². The highest BCUT2D eigenvalue weighted by Gasteiger charge is 2.17. The van der Waals surface area contributed by atoms with Crippen molar-refractivity contribution in [3.8, 4) is 0 Å². The Balaban J connectivity index is 4.06. The second kappa shape index (κ2) is 44.0. The van der Waals surface area contributed by atoms with Crippen LogP contribution in [0.25, 0.3) is 0 Å². The van der Waals surface area contributed by atoms with Gasteiger partial charge in [-0.2, -0.15) is 0 Å². The van der Waals surface area contributed by atoms with Gasteiger partial charge < -0.3 is 14.2 Å². The molecule has 0 spiro atoms. The fraction of sp³-hybridized carbons (Fsp3) is 0.915. The highest BCUT2D eigenvalue weighted by Crippen LogP contribution is 2.15. The van der Waals surface area contributed by atoms with Crippen molar-refractivity contribution < 1.29 is 23.8 Å². The molecule has 0 aliphatic heterocycles. The topological polar surface area (TPSA) is 61.8 Å². The predicted octanol–water partition coefficient (Wildman–Crippen LogP) is 15.1. The monoisotopic (exact) mass is 735 g/mol. The van der Waals surface area contributed by atoms with E-state index in [1.807, 2.05) is 0 Å². The Bertz CT molecular complexity index is 750. The zero-order chi connectivity index (χ0) is 37.8. The van der Waals surface area contributed by atoms with Crippen LogP contribution in [0.2, 0.25) is 0 Å². The average molecular weight is 735 g/mol. The van der Waals surface area contributed by atoms with Crippen LogP contribution in [0.4, 0.5) is 0 Å². The lowest BCUT2D eigenvalue weighted by Gasteiger charge is -2.18. The smallest absolute Gasteiger partial charge is 0.306 e. The van der Waals surface area contributed by atoms with Gasteiger partial charge in [0, 0.05) is 19.4 Å². The second-order valence-corrected chi connectivity index (χ2v) is 15.7. The van der Waals surface area contributed by atoms with Crippen LogP contribution in [-0.2, 0) is 23.8 Å². The molecule has 0 N–H and O–H groups in total. The summed E-state index contributed by atoms with van der Waals surface area (Å²) in [6.45, 7) is 7.79. The van der Waals surface area contributed by atoms with Gasteiger partial charge in [-0.3, -0.25) is 9.59 Å². The van der Waals surface area contributed by atoms with Crippen molar-refractivity contribution >= 4 is 11.9 Å². The van der Waals surface area contributed by atoms with Crippen LogP contribution in [0.3, 0.4) is 0 Å². The van der Waals surface area contributed by atoms with Gasteiger partial charge in [-0.05, 0) is 38.5 Å². The van der Waals surface area contributed by atoms with Gasteiger partial charge in [0.15, 0.2) is 6.10 Å². The van der Waals surface area contributed by atoms with E-state index in [9.17, 15) is 9.59 Å². The number of hydrogen-bond acceptors (Lipinski definition) is 5. The summed E-state index contributed by atoms with van der Waals surface area (Å²) < 4.78 is 17.3. The number of carbonyl (C=O) groups is 2. The first-order valence-corrected chi connectivity index (χ1v) is 23.2. The molecule has 0 rings (SSSR count). The molecule has 0 aliphatic carbocycles. The summed E-state index contributed by atoms with van der Waals surface area (Å²) in [5.41, 5.74) is 0. The molecular formula is C47H90O5. The van der Waals surface area contributed by atoms with Crippen LogP contribution in [0.15, 0.2) is 12.2 Å². The lowest BCUT2D eigenvalue weighted by Crippen LogP contribution is -2.30.